The highest BCUT2D eigenvalue weighted by Gasteiger charge is 2.43. The summed E-state index contributed by atoms with van der Waals surface area (Å²) in [6.45, 7) is 0. The molecule has 2 saturated carbocycles. The molecule has 4 heteroatoms. The summed E-state index contributed by atoms with van der Waals surface area (Å²) in [5, 5.41) is 0. The molecule has 3 nitrogen and oxygen atoms in total. The van der Waals surface area contributed by atoms with E-state index in [1.54, 1.807) is 0 Å². The molecular formula is C23H28N2OS. The first-order valence-electron chi connectivity index (χ1n) is 10.7. The molecule has 142 valence electrons. The number of H-pyrrole nitrogens is 1. The van der Waals surface area contributed by atoms with E-state index < -0.39 is 0 Å². The second kappa shape index (κ2) is 6.73. The van der Waals surface area contributed by atoms with Crippen molar-refractivity contribution in [2.45, 2.75) is 82.1 Å². The molecule has 3 aliphatic carbocycles. The summed E-state index contributed by atoms with van der Waals surface area (Å²) in [7, 11) is 0. The third-order valence-electron chi connectivity index (χ3n) is 7.23. The molecule has 2 aromatic rings. The van der Waals surface area contributed by atoms with E-state index in [-0.39, 0.29) is 17.0 Å². The molecule has 1 aromatic heterocycles. The lowest BCUT2D eigenvalue weighted by Gasteiger charge is -2.42. The van der Waals surface area contributed by atoms with Crippen molar-refractivity contribution < 1.29 is 0 Å². The summed E-state index contributed by atoms with van der Waals surface area (Å²) in [6.07, 6.45) is 12.8. The SMILES string of the molecule is O=c1c2c([nH]c(=S)n1C1CCCCC1)-c1ccccc1CC21CCCCC1. The average Bonchev–Trinajstić information content (AvgIpc) is 2.69. The second-order valence-corrected chi connectivity index (χ2v) is 9.21. The highest BCUT2D eigenvalue weighted by atomic mass is 32.1. The van der Waals surface area contributed by atoms with E-state index >= 15 is 0 Å². The van der Waals surface area contributed by atoms with Gasteiger partial charge in [0.15, 0.2) is 4.77 Å². The van der Waals surface area contributed by atoms with Gasteiger partial charge < -0.3 is 4.98 Å². The number of benzene rings is 1. The lowest BCUT2D eigenvalue weighted by molar-refractivity contribution is 0.277. The molecule has 1 aromatic carbocycles. The monoisotopic (exact) mass is 380 g/mol. The van der Waals surface area contributed by atoms with E-state index in [0.717, 1.165) is 43.4 Å². The van der Waals surface area contributed by atoms with E-state index in [9.17, 15) is 4.79 Å². The smallest absolute Gasteiger partial charge is 0.258 e. The molecule has 5 rings (SSSR count). The second-order valence-electron chi connectivity index (χ2n) is 8.82. The summed E-state index contributed by atoms with van der Waals surface area (Å²) >= 11 is 5.73. The molecule has 3 aliphatic rings. The van der Waals surface area contributed by atoms with Gasteiger partial charge in [-0.15, -0.1) is 0 Å². The van der Waals surface area contributed by atoms with Crippen molar-refractivity contribution in [1.82, 2.24) is 9.55 Å². The van der Waals surface area contributed by atoms with Crippen LogP contribution in [0.25, 0.3) is 11.3 Å². The van der Waals surface area contributed by atoms with Crippen LogP contribution < -0.4 is 5.56 Å². The number of nitrogens with one attached hydrogen (secondary N) is 1. The Morgan fingerprint density at radius 3 is 2.48 bits per heavy atom. The Morgan fingerprint density at radius 1 is 1.00 bits per heavy atom. The van der Waals surface area contributed by atoms with Gasteiger partial charge in [-0.1, -0.05) is 62.8 Å². The van der Waals surface area contributed by atoms with E-state index in [0.29, 0.717) is 4.77 Å². The van der Waals surface area contributed by atoms with Crippen LogP contribution in [0, 0.1) is 4.77 Å². The number of hydrogen-bond acceptors (Lipinski definition) is 2. The lowest BCUT2D eigenvalue weighted by Crippen LogP contribution is -2.43. The maximum Gasteiger partial charge on any atom is 0.258 e. The number of rotatable bonds is 1. The minimum absolute atomic E-state index is 0.00499. The first kappa shape index (κ1) is 17.4. The molecule has 2 fully saturated rings. The van der Waals surface area contributed by atoms with E-state index in [4.69, 9.17) is 12.2 Å². The van der Waals surface area contributed by atoms with Gasteiger partial charge in [-0.05, 0) is 49.9 Å². The molecule has 0 unspecified atom stereocenters. The molecule has 1 spiro atoms. The summed E-state index contributed by atoms with van der Waals surface area (Å²) < 4.78 is 2.57. The molecule has 0 atom stereocenters. The molecular weight excluding hydrogens is 352 g/mol. The largest absolute Gasteiger partial charge is 0.331 e. The van der Waals surface area contributed by atoms with Gasteiger partial charge in [0, 0.05) is 22.6 Å². The minimum Gasteiger partial charge on any atom is -0.331 e. The Balaban J connectivity index is 1.77. The summed E-state index contributed by atoms with van der Waals surface area (Å²) in [5.41, 5.74) is 4.81. The molecule has 0 bridgehead atoms. The Kier molecular flexibility index (Phi) is 4.34. The van der Waals surface area contributed by atoms with Crippen molar-refractivity contribution in [3.63, 3.8) is 0 Å². The summed E-state index contributed by atoms with van der Waals surface area (Å²) in [4.78, 5) is 17.4. The van der Waals surface area contributed by atoms with Crippen molar-refractivity contribution >= 4 is 12.2 Å². The molecule has 0 aliphatic heterocycles. The summed E-state index contributed by atoms with van der Waals surface area (Å²) in [5.74, 6) is 0. The predicted octanol–water partition coefficient (Wildman–Crippen LogP) is 5.84. The van der Waals surface area contributed by atoms with Gasteiger partial charge in [0.1, 0.15) is 0 Å². The van der Waals surface area contributed by atoms with Gasteiger partial charge in [-0.25, -0.2) is 0 Å². The number of hydrogen-bond donors (Lipinski definition) is 1. The van der Waals surface area contributed by atoms with Gasteiger partial charge in [-0.3, -0.25) is 9.36 Å². The van der Waals surface area contributed by atoms with Crippen LogP contribution in [0.4, 0.5) is 0 Å². The van der Waals surface area contributed by atoms with Crippen LogP contribution in [0.3, 0.4) is 0 Å². The highest BCUT2D eigenvalue weighted by Crippen LogP contribution is 2.48. The predicted molar refractivity (Wildman–Crippen MR) is 112 cm³/mol. The van der Waals surface area contributed by atoms with Crippen LogP contribution >= 0.6 is 12.2 Å². The zero-order chi connectivity index (χ0) is 18.4. The van der Waals surface area contributed by atoms with Crippen LogP contribution in [0.15, 0.2) is 29.1 Å². The normalized spacial score (nSPS) is 21.6. The quantitative estimate of drug-likeness (QED) is 0.632. The fraction of sp³-hybridized carbons (Fsp3) is 0.565. The maximum absolute atomic E-state index is 13.9. The standard InChI is InChI=1S/C23H28N2OS/c26-21-19-20(24-22(27)25(21)17-10-3-1-4-11-17)18-12-6-5-9-16(18)15-23(19)13-7-2-8-14-23/h5-6,9,12,17H,1-4,7-8,10-11,13-15H2,(H,24,27). The lowest BCUT2D eigenvalue weighted by atomic mass is 9.62. The Morgan fingerprint density at radius 2 is 1.70 bits per heavy atom. The molecule has 1 N–H and O–H groups in total. The molecule has 0 saturated heterocycles. The maximum atomic E-state index is 13.9. The topological polar surface area (TPSA) is 37.8 Å². The van der Waals surface area contributed by atoms with Crippen LogP contribution in [-0.2, 0) is 11.8 Å². The molecule has 0 amide bonds. The van der Waals surface area contributed by atoms with Crippen molar-refractivity contribution in [2.24, 2.45) is 0 Å². The molecule has 1 heterocycles. The van der Waals surface area contributed by atoms with Gasteiger partial charge >= 0.3 is 0 Å². The van der Waals surface area contributed by atoms with Crippen molar-refractivity contribution in [3.05, 3.63) is 50.5 Å². The third kappa shape index (κ3) is 2.75. The first-order valence-corrected chi connectivity index (χ1v) is 11.1. The van der Waals surface area contributed by atoms with Crippen molar-refractivity contribution in [3.8, 4) is 11.3 Å². The number of fused-ring (bicyclic) bond motifs is 4. The number of nitrogens with zero attached hydrogens (tertiary/aromatic N) is 1. The average molecular weight is 381 g/mol. The minimum atomic E-state index is -0.00499. The number of aromatic amines is 1. The third-order valence-corrected chi connectivity index (χ3v) is 7.53. The van der Waals surface area contributed by atoms with Crippen LogP contribution in [-0.4, -0.2) is 9.55 Å². The van der Waals surface area contributed by atoms with Gasteiger partial charge in [0.05, 0.1) is 5.69 Å². The van der Waals surface area contributed by atoms with Gasteiger partial charge in [0.2, 0.25) is 0 Å². The zero-order valence-corrected chi connectivity index (χ0v) is 16.7. The van der Waals surface area contributed by atoms with Crippen LogP contribution in [0.5, 0.6) is 0 Å². The fourth-order valence-electron chi connectivity index (χ4n) is 5.94. The molecule has 27 heavy (non-hydrogen) atoms. The Labute approximate surface area is 165 Å². The van der Waals surface area contributed by atoms with E-state index in [2.05, 4.69) is 29.2 Å². The van der Waals surface area contributed by atoms with Crippen LogP contribution in [0.2, 0.25) is 0 Å². The van der Waals surface area contributed by atoms with E-state index in [1.807, 2.05) is 4.57 Å². The first-order chi connectivity index (χ1) is 13.2. The Bertz CT molecular complexity index is 975. The molecule has 0 radical (unpaired) electrons. The zero-order valence-electron chi connectivity index (χ0n) is 15.9. The van der Waals surface area contributed by atoms with Crippen LogP contribution in [0.1, 0.15) is 81.4 Å². The van der Waals surface area contributed by atoms with Gasteiger partial charge in [-0.2, -0.15) is 0 Å². The van der Waals surface area contributed by atoms with Gasteiger partial charge in [0.25, 0.3) is 5.56 Å². The highest BCUT2D eigenvalue weighted by molar-refractivity contribution is 7.71. The number of aromatic nitrogens is 2. The van der Waals surface area contributed by atoms with Crippen molar-refractivity contribution in [2.75, 3.05) is 0 Å². The van der Waals surface area contributed by atoms with Crippen molar-refractivity contribution in [1.29, 1.82) is 0 Å². The Hall–Kier alpha value is -1.68. The van der Waals surface area contributed by atoms with E-state index in [1.165, 1.54) is 49.7 Å². The fourth-order valence-corrected chi connectivity index (χ4v) is 6.27. The summed E-state index contributed by atoms with van der Waals surface area (Å²) in [6, 6.07) is 8.86.